The van der Waals surface area contributed by atoms with E-state index in [-0.39, 0.29) is 24.7 Å². The average molecular weight is 321 g/mol. The molecule has 7 heteroatoms. The maximum Gasteiger partial charge on any atom is 0.252 e. The van der Waals surface area contributed by atoms with E-state index in [1.165, 1.54) is 0 Å². The number of nitrogens with zero attached hydrogens (tertiary/aromatic N) is 1. The van der Waals surface area contributed by atoms with E-state index in [1.54, 1.807) is 18.2 Å². The Bertz CT molecular complexity index is 451. The largest absolute Gasteiger partial charge is 0.409 e. The van der Waals surface area contributed by atoms with Crippen molar-refractivity contribution in [2.75, 3.05) is 6.54 Å². The van der Waals surface area contributed by atoms with Crippen molar-refractivity contribution in [3.05, 3.63) is 33.3 Å². The summed E-state index contributed by atoms with van der Waals surface area (Å²) in [4.78, 5) is 11.7. The van der Waals surface area contributed by atoms with Crippen molar-refractivity contribution in [3.63, 3.8) is 0 Å². The summed E-state index contributed by atoms with van der Waals surface area (Å²) in [5.74, 6) is -0.243. The lowest BCUT2D eigenvalue weighted by Crippen LogP contribution is -2.28. The molecule has 0 aliphatic rings. The average Bonchev–Trinajstić information content (AvgIpc) is 2.31. The van der Waals surface area contributed by atoms with E-state index in [0.717, 1.165) is 4.47 Å². The van der Waals surface area contributed by atoms with Gasteiger partial charge >= 0.3 is 0 Å². The van der Waals surface area contributed by atoms with Gasteiger partial charge in [-0.15, -0.1) is 0 Å². The molecule has 1 amide bonds. The van der Waals surface area contributed by atoms with Gasteiger partial charge < -0.3 is 16.3 Å². The second kappa shape index (κ2) is 6.46. The minimum Gasteiger partial charge on any atom is -0.409 e. The second-order valence-electron chi connectivity index (χ2n) is 3.22. The van der Waals surface area contributed by atoms with E-state index in [0.29, 0.717) is 10.6 Å². The van der Waals surface area contributed by atoms with Gasteiger partial charge in [0.25, 0.3) is 5.91 Å². The number of halogens is 2. The molecule has 4 N–H and O–H groups in total. The van der Waals surface area contributed by atoms with Crippen LogP contribution in [0.3, 0.4) is 0 Å². The van der Waals surface area contributed by atoms with Crippen LogP contribution < -0.4 is 11.1 Å². The molecule has 0 fully saturated rings. The van der Waals surface area contributed by atoms with Crippen LogP contribution in [0.2, 0.25) is 5.02 Å². The van der Waals surface area contributed by atoms with E-state index in [4.69, 9.17) is 22.5 Å². The Labute approximate surface area is 112 Å². The third-order valence-corrected chi connectivity index (χ3v) is 2.79. The molecule has 0 aliphatic heterocycles. The van der Waals surface area contributed by atoms with Gasteiger partial charge in [0.15, 0.2) is 0 Å². The van der Waals surface area contributed by atoms with Crippen molar-refractivity contribution in [1.82, 2.24) is 5.32 Å². The highest BCUT2D eigenvalue weighted by Gasteiger charge is 2.10. The molecule has 5 nitrogen and oxygen atoms in total. The van der Waals surface area contributed by atoms with Crippen molar-refractivity contribution in [2.24, 2.45) is 10.9 Å². The number of amides is 1. The zero-order valence-electron chi connectivity index (χ0n) is 8.78. The highest BCUT2D eigenvalue weighted by atomic mass is 79.9. The topological polar surface area (TPSA) is 87.7 Å². The standard InChI is InChI=1S/C10H11BrClN3O2/c11-6-1-2-8(12)7(5-6)10(16)14-4-3-9(13)15-17/h1-2,5,17H,3-4H2,(H2,13,15)(H,14,16). The highest BCUT2D eigenvalue weighted by molar-refractivity contribution is 9.10. The summed E-state index contributed by atoms with van der Waals surface area (Å²) in [6.07, 6.45) is 0.272. The lowest BCUT2D eigenvalue weighted by Gasteiger charge is -2.06. The number of oxime groups is 1. The third kappa shape index (κ3) is 4.24. The number of hydrogen-bond donors (Lipinski definition) is 3. The number of nitrogens with one attached hydrogen (secondary N) is 1. The predicted molar refractivity (Wildman–Crippen MR) is 69.5 cm³/mol. The molecular formula is C10H11BrClN3O2. The van der Waals surface area contributed by atoms with Gasteiger partial charge in [0, 0.05) is 17.4 Å². The van der Waals surface area contributed by atoms with Crippen LogP contribution in [-0.4, -0.2) is 23.5 Å². The lowest BCUT2D eigenvalue weighted by atomic mass is 10.2. The van der Waals surface area contributed by atoms with E-state index in [1.807, 2.05) is 0 Å². The highest BCUT2D eigenvalue weighted by Crippen LogP contribution is 2.20. The maximum atomic E-state index is 11.7. The number of hydrogen-bond acceptors (Lipinski definition) is 3. The zero-order chi connectivity index (χ0) is 12.8. The summed E-state index contributed by atoms with van der Waals surface area (Å²) in [7, 11) is 0. The zero-order valence-corrected chi connectivity index (χ0v) is 11.1. The van der Waals surface area contributed by atoms with E-state index < -0.39 is 0 Å². The van der Waals surface area contributed by atoms with Crippen LogP contribution in [0.5, 0.6) is 0 Å². The minimum absolute atomic E-state index is 0.0608. The summed E-state index contributed by atoms with van der Waals surface area (Å²) < 4.78 is 0.767. The fraction of sp³-hybridized carbons (Fsp3) is 0.200. The molecule has 92 valence electrons. The van der Waals surface area contributed by atoms with Crippen LogP contribution in [0.1, 0.15) is 16.8 Å². The molecule has 0 bridgehead atoms. The molecule has 0 spiro atoms. The van der Waals surface area contributed by atoms with Gasteiger partial charge in [0.2, 0.25) is 0 Å². The van der Waals surface area contributed by atoms with Crippen molar-refractivity contribution >= 4 is 39.3 Å². The molecule has 0 aliphatic carbocycles. The SMILES string of the molecule is NC(CCNC(=O)c1cc(Br)ccc1Cl)=NO. The maximum absolute atomic E-state index is 11.7. The number of carbonyl (C=O) groups excluding carboxylic acids is 1. The van der Waals surface area contributed by atoms with Gasteiger partial charge in [0.1, 0.15) is 5.84 Å². The predicted octanol–water partition coefficient (Wildman–Crippen LogP) is 1.97. The Hall–Kier alpha value is -1.27. The quantitative estimate of drug-likeness (QED) is 0.343. The molecule has 1 aromatic rings. The molecular weight excluding hydrogens is 309 g/mol. The Morgan fingerprint density at radius 3 is 2.94 bits per heavy atom. The summed E-state index contributed by atoms with van der Waals surface area (Å²) in [6.45, 7) is 0.275. The Morgan fingerprint density at radius 2 is 2.29 bits per heavy atom. The van der Waals surface area contributed by atoms with Crippen LogP contribution in [0, 0.1) is 0 Å². The molecule has 1 rings (SSSR count). The van der Waals surface area contributed by atoms with Gasteiger partial charge in [-0.25, -0.2) is 0 Å². The van der Waals surface area contributed by atoms with Gasteiger partial charge in [-0.1, -0.05) is 32.7 Å². The Morgan fingerprint density at radius 1 is 1.59 bits per heavy atom. The summed E-state index contributed by atoms with van der Waals surface area (Å²) in [6, 6.07) is 5.00. The summed E-state index contributed by atoms with van der Waals surface area (Å²) in [5, 5.41) is 14.1. The summed E-state index contributed by atoms with van der Waals surface area (Å²) in [5.41, 5.74) is 5.64. The molecule has 1 aromatic carbocycles. The molecule has 0 radical (unpaired) electrons. The van der Waals surface area contributed by atoms with Crippen LogP contribution in [-0.2, 0) is 0 Å². The van der Waals surface area contributed by atoms with Gasteiger partial charge in [-0.3, -0.25) is 4.79 Å². The fourth-order valence-electron chi connectivity index (χ4n) is 1.12. The number of rotatable bonds is 4. The molecule has 0 saturated heterocycles. The smallest absolute Gasteiger partial charge is 0.252 e. The van der Waals surface area contributed by atoms with E-state index in [9.17, 15) is 4.79 Å². The van der Waals surface area contributed by atoms with E-state index in [2.05, 4.69) is 26.4 Å². The summed E-state index contributed by atoms with van der Waals surface area (Å²) >= 11 is 9.15. The van der Waals surface area contributed by atoms with Crippen LogP contribution in [0.4, 0.5) is 0 Å². The molecule has 0 atom stereocenters. The number of nitrogens with two attached hydrogens (primary N) is 1. The van der Waals surface area contributed by atoms with Crippen LogP contribution in [0.15, 0.2) is 27.8 Å². The first-order chi connectivity index (χ1) is 8.04. The molecule has 17 heavy (non-hydrogen) atoms. The van der Waals surface area contributed by atoms with Gasteiger partial charge in [-0.05, 0) is 18.2 Å². The first-order valence-corrected chi connectivity index (χ1v) is 5.91. The van der Waals surface area contributed by atoms with Gasteiger partial charge in [0.05, 0.1) is 10.6 Å². The molecule has 0 heterocycles. The Kier molecular flexibility index (Phi) is 5.24. The van der Waals surface area contributed by atoms with Crippen molar-refractivity contribution in [2.45, 2.75) is 6.42 Å². The monoisotopic (exact) mass is 319 g/mol. The number of benzene rings is 1. The fourth-order valence-corrected chi connectivity index (χ4v) is 1.69. The minimum atomic E-state index is -0.304. The van der Waals surface area contributed by atoms with Crippen molar-refractivity contribution < 1.29 is 10.0 Å². The number of amidine groups is 1. The Balaban J connectivity index is 2.61. The number of carbonyl (C=O) groups is 1. The van der Waals surface area contributed by atoms with Crippen molar-refractivity contribution in [3.8, 4) is 0 Å². The molecule has 0 unspecified atom stereocenters. The van der Waals surface area contributed by atoms with Crippen LogP contribution >= 0.6 is 27.5 Å². The second-order valence-corrected chi connectivity index (χ2v) is 4.54. The lowest BCUT2D eigenvalue weighted by molar-refractivity contribution is 0.0954. The normalized spacial score (nSPS) is 11.3. The molecule has 0 aromatic heterocycles. The van der Waals surface area contributed by atoms with Crippen LogP contribution in [0.25, 0.3) is 0 Å². The first-order valence-electron chi connectivity index (χ1n) is 4.74. The first kappa shape index (κ1) is 13.8. The van der Waals surface area contributed by atoms with Gasteiger partial charge in [-0.2, -0.15) is 0 Å². The van der Waals surface area contributed by atoms with Crippen molar-refractivity contribution in [1.29, 1.82) is 0 Å². The molecule has 0 saturated carbocycles. The third-order valence-electron chi connectivity index (χ3n) is 1.97. The van der Waals surface area contributed by atoms with E-state index >= 15 is 0 Å².